The van der Waals surface area contributed by atoms with Crippen molar-refractivity contribution < 1.29 is 9.47 Å². The van der Waals surface area contributed by atoms with Gasteiger partial charge in [-0.3, -0.25) is 5.41 Å². The van der Waals surface area contributed by atoms with Gasteiger partial charge in [0, 0.05) is 22.8 Å². The highest BCUT2D eigenvalue weighted by Gasteiger charge is 2.22. The Balaban J connectivity index is 0.00000171. The van der Waals surface area contributed by atoms with E-state index in [4.69, 9.17) is 31.5 Å². The molecule has 0 aliphatic heterocycles. The van der Waals surface area contributed by atoms with Gasteiger partial charge in [0.15, 0.2) is 0 Å². The number of methoxy groups -OCH3 is 2. The van der Waals surface area contributed by atoms with E-state index < -0.39 is 0 Å². The van der Waals surface area contributed by atoms with Crippen molar-refractivity contribution >= 4 is 42.3 Å². The quantitative estimate of drug-likeness (QED) is 0.395. The molecule has 1 aliphatic carbocycles. The molecule has 1 aliphatic rings. The van der Waals surface area contributed by atoms with Crippen molar-refractivity contribution in [2.24, 2.45) is 10.8 Å². The molecule has 0 atom stereocenters. The average molecular weight is 463 g/mol. The molecule has 0 spiro atoms. The van der Waals surface area contributed by atoms with Crippen LogP contribution in [0.15, 0.2) is 47.7 Å². The number of ether oxygens (including phenoxy) is 2. The molecule has 164 valence electrons. The molecule has 1 heterocycles. The van der Waals surface area contributed by atoms with Gasteiger partial charge in [0.05, 0.1) is 31.8 Å². The van der Waals surface area contributed by atoms with Crippen LogP contribution >= 0.6 is 24.8 Å². The first kappa shape index (κ1) is 24.0. The SMILES string of the molecule is COc1cc(OC)cc(-c2cn(/N=C3\CCc4c(C(=N)N)cccc43)c(N)n2)c1.Cl.Cl. The third-order valence-corrected chi connectivity index (χ3v) is 4.98. The first-order valence-electron chi connectivity index (χ1n) is 9.13. The standard InChI is InChI=1S/C21H22N6O2.2ClH/c1-28-13-8-12(9-14(10-13)29-2)19-11-27(21(24)25-19)26-18-7-6-15-16(18)4-3-5-17(15)20(22)23;;/h3-5,8-11H,6-7H2,1-2H3,(H3,22,23)(H2,24,25);2*1H/b26-18+;;. The van der Waals surface area contributed by atoms with E-state index in [0.717, 1.165) is 40.8 Å². The van der Waals surface area contributed by atoms with Crippen molar-refractivity contribution in [2.75, 3.05) is 20.0 Å². The largest absolute Gasteiger partial charge is 0.497 e. The van der Waals surface area contributed by atoms with Crippen LogP contribution in [0.4, 0.5) is 5.95 Å². The predicted octanol–water partition coefficient (Wildman–Crippen LogP) is 3.48. The van der Waals surface area contributed by atoms with Gasteiger partial charge >= 0.3 is 0 Å². The van der Waals surface area contributed by atoms with Gasteiger partial charge < -0.3 is 20.9 Å². The summed E-state index contributed by atoms with van der Waals surface area (Å²) < 4.78 is 12.2. The molecule has 10 heteroatoms. The molecule has 0 saturated carbocycles. The summed E-state index contributed by atoms with van der Waals surface area (Å²) in [6, 6.07) is 11.3. The monoisotopic (exact) mass is 462 g/mol. The number of hydrogen-bond acceptors (Lipinski definition) is 6. The number of nitrogens with one attached hydrogen (secondary N) is 1. The zero-order chi connectivity index (χ0) is 20.5. The van der Waals surface area contributed by atoms with E-state index in [0.29, 0.717) is 17.2 Å². The van der Waals surface area contributed by atoms with Crippen molar-refractivity contribution in [3.05, 3.63) is 59.3 Å². The van der Waals surface area contributed by atoms with Gasteiger partial charge in [0.2, 0.25) is 5.95 Å². The lowest BCUT2D eigenvalue weighted by molar-refractivity contribution is 0.394. The number of nitrogen functional groups attached to an aromatic ring is 2. The second kappa shape index (κ2) is 9.72. The van der Waals surface area contributed by atoms with Gasteiger partial charge in [-0.15, -0.1) is 24.8 Å². The molecule has 0 fully saturated rings. The van der Waals surface area contributed by atoms with Gasteiger partial charge in [-0.1, -0.05) is 18.2 Å². The van der Waals surface area contributed by atoms with E-state index in [1.807, 2.05) is 30.3 Å². The lowest BCUT2D eigenvalue weighted by atomic mass is 10.0. The van der Waals surface area contributed by atoms with Crippen LogP contribution in [-0.4, -0.2) is 35.4 Å². The van der Waals surface area contributed by atoms with Crippen molar-refractivity contribution in [2.45, 2.75) is 12.8 Å². The van der Waals surface area contributed by atoms with Crippen LogP contribution in [0.1, 0.15) is 23.1 Å². The van der Waals surface area contributed by atoms with Crippen LogP contribution in [0.2, 0.25) is 0 Å². The van der Waals surface area contributed by atoms with Crippen LogP contribution < -0.4 is 20.9 Å². The molecule has 31 heavy (non-hydrogen) atoms. The van der Waals surface area contributed by atoms with Crippen molar-refractivity contribution in [3.63, 3.8) is 0 Å². The molecule has 0 saturated heterocycles. The van der Waals surface area contributed by atoms with Crippen LogP contribution in [0.25, 0.3) is 11.3 Å². The number of fused-ring (bicyclic) bond motifs is 1. The summed E-state index contributed by atoms with van der Waals surface area (Å²) >= 11 is 0. The van der Waals surface area contributed by atoms with Gasteiger partial charge in [-0.2, -0.15) is 5.10 Å². The Labute approximate surface area is 192 Å². The Morgan fingerprint density at radius 3 is 2.39 bits per heavy atom. The van der Waals surface area contributed by atoms with Crippen molar-refractivity contribution in [3.8, 4) is 22.8 Å². The zero-order valence-electron chi connectivity index (χ0n) is 17.1. The van der Waals surface area contributed by atoms with E-state index in [-0.39, 0.29) is 36.6 Å². The lowest BCUT2D eigenvalue weighted by Crippen LogP contribution is -2.13. The van der Waals surface area contributed by atoms with Gasteiger partial charge in [-0.05, 0) is 30.5 Å². The number of halogens is 2. The smallest absolute Gasteiger partial charge is 0.221 e. The fraction of sp³-hybridized carbons (Fsp3) is 0.190. The summed E-state index contributed by atoms with van der Waals surface area (Å²) in [4.78, 5) is 4.44. The third kappa shape index (κ3) is 4.60. The maximum absolute atomic E-state index is 7.77. The molecule has 0 radical (unpaired) electrons. The molecule has 0 bridgehead atoms. The topological polar surface area (TPSA) is 125 Å². The molecule has 2 aromatic carbocycles. The number of aromatic nitrogens is 2. The summed E-state index contributed by atoms with van der Waals surface area (Å²) in [6.07, 6.45) is 3.32. The molecular formula is C21H24Cl2N6O2. The number of anilines is 1. The minimum absolute atomic E-state index is 0. The molecule has 3 aromatic rings. The maximum Gasteiger partial charge on any atom is 0.221 e. The number of imidazole rings is 1. The zero-order valence-corrected chi connectivity index (χ0v) is 18.7. The van der Waals surface area contributed by atoms with Crippen LogP contribution in [0.3, 0.4) is 0 Å². The maximum atomic E-state index is 7.77. The number of hydrogen-bond donors (Lipinski definition) is 3. The number of benzene rings is 2. The average Bonchev–Trinajstić information content (AvgIpc) is 3.31. The normalized spacial score (nSPS) is 13.2. The van der Waals surface area contributed by atoms with E-state index in [9.17, 15) is 0 Å². The Bertz CT molecular complexity index is 1120. The third-order valence-electron chi connectivity index (χ3n) is 4.98. The molecule has 0 unspecified atom stereocenters. The lowest BCUT2D eigenvalue weighted by Gasteiger charge is -2.06. The summed E-state index contributed by atoms with van der Waals surface area (Å²) in [6.45, 7) is 0. The van der Waals surface area contributed by atoms with Crippen LogP contribution in [-0.2, 0) is 6.42 Å². The Morgan fingerprint density at radius 1 is 1.10 bits per heavy atom. The summed E-state index contributed by atoms with van der Waals surface area (Å²) in [5.74, 6) is 1.69. The number of nitrogens with zero attached hydrogens (tertiary/aromatic N) is 3. The molecular weight excluding hydrogens is 439 g/mol. The highest BCUT2D eigenvalue weighted by Crippen LogP contribution is 2.30. The Kier molecular flexibility index (Phi) is 7.54. The van der Waals surface area contributed by atoms with Crippen molar-refractivity contribution in [1.82, 2.24) is 9.66 Å². The fourth-order valence-corrected chi connectivity index (χ4v) is 3.55. The number of amidine groups is 1. The highest BCUT2D eigenvalue weighted by atomic mass is 35.5. The van der Waals surface area contributed by atoms with Crippen molar-refractivity contribution in [1.29, 1.82) is 5.41 Å². The fourth-order valence-electron chi connectivity index (χ4n) is 3.55. The molecule has 4 rings (SSSR count). The van der Waals surface area contributed by atoms with Crippen LogP contribution in [0, 0.1) is 5.41 Å². The van der Waals surface area contributed by atoms with E-state index >= 15 is 0 Å². The highest BCUT2D eigenvalue weighted by molar-refractivity contribution is 6.08. The summed E-state index contributed by atoms with van der Waals surface area (Å²) in [5, 5.41) is 12.5. The van der Waals surface area contributed by atoms with Gasteiger partial charge in [0.1, 0.15) is 17.3 Å². The van der Waals surface area contributed by atoms with Gasteiger partial charge in [0.25, 0.3) is 0 Å². The Hall–Kier alpha value is -3.23. The predicted molar refractivity (Wildman–Crippen MR) is 127 cm³/mol. The Morgan fingerprint density at radius 2 is 1.77 bits per heavy atom. The summed E-state index contributed by atoms with van der Waals surface area (Å²) in [5.41, 5.74) is 17.0. The van der Waals surface area contributed by atoms with E-state index in [1.165, 1.54) is 0 Å². The van der Waals surface area contributed by atoms with Gasteiger partial charge in [-0.25, -0.2) is 9.66 Å². The number of rotatable bonds is 5. The summed E-state index contributed by atoms with van der Waals surface area (Å²) in [7, 11) is 3.20. The molecule has 1 aromatic heterocycles. The minimum atomic E-state index is 0. The molecule has 8 nitrogen and oxygen atoms in total. The number of nitrogens with two attached hydrogens (primary N) is 2. The second-order valence-corrected chi connectivity index (χ2v) is 6.72. The first-order valence-corrected chi connectivity index (χ1v) is 9.13. The molecule has 5 N–H and O–H groups in total. The second-order valence-electron chi connectivity index (χ2n) is 6.72. The van der Waals surface area contributed by atoms with Crippen LogP contribution in [0.5, 0.6) is 11.5 Å². The van der Waals surface area contributed by atoms with E-state index in [2.05, 4.69) is 4.98 Å². The first-order chi connectivity index (χ1) is 14.0. The molecule has 0 amide bonds. The minimum Gasteiger partial charge on any atom is -0.497 e. The van der Waals surface area contributed by atoms with E-state index in [1.54, 1.807) is 31.2 Å².